The van der Waals surface area contributed by atoms with Crippen LogP contribution in [0, 0.1) is 11.7 Å². The number of fused-ring (bicyclic) bond motifs is 1. The summed E-state index contributed by atoms with van der Waals surface area (Å²) in [5.74, 6) is -1.36. The molecule has 7 nitrogen and oxygen atoms in total. The summed E-state index contributed by atoms with van der Waals surface area (Å²) < 4.78 is 57.8. The first-order chi connectivity index (χ1) is 17.2. The Bertz CT molecular complexity index is 1400. The molecule has 2 atom stereocenters. The number of anilines is 1. The van der Waals surface area contributed by atoms with Crippen molar-refractivity contribution in [2.45, 2.75) is 38.5 Å². The van der Waals surface area contributed by atoms with Crippen molar-refractivity contribution in [1.82, 2.24) is 20.0 Å². The van der Waals surface area contributed by atoms with Crippen LogP contribution < -0.4 is 5.32 Å². The van der Waals surface area contributed by atoms with Gasteiger partial charge in [-0.1, -0.05) is 5.16 Å². The number of halogens is 4. The number of carbonyl (C=O) groups excluding carboxylic acids is 1. The minimum atomic E-state index is -4.83. The lowest BCUT2D eigenvalue weighted by Crippen LogP contribution is -2.43. The molecule has 11 heteroatoms. The molecule has 4 aromatic rings. The summed E-state index contributed by atoms with van der Waals surface area (Å²) in [7, 11) is 0. The standard InChI is InChI=1S/C25H23F4N5O2/c1-14-10-16(23(35)31-18-3-5-21-15(11-18)6-8-30-21)7-9-34(14)13-22-32-24(36-33-22)17-2-4-20(26)19(12-17)25(27,28)29/h2-6,8,11-12,14,16,30H,7,9-10,13H2,1H3,(H,31,35)/t14-,16-/m0/s1. The van der Waals surface area contributed by atoms with Gasteiger partial charge in [-0.25, -0.2) is 4.39 Å². The van der Waals surface area contributed by atoms with Crippen LogP contribution in [0.25, 0.3) is 22.4 Å². The van der Waals surface area contributed by atoms with E-state index in [9.17, 15) is 22.4 Å². The molecule has 0 bridgehead atoms. The Hall–Kier alpha value is -3.73. The molecule has 36 heavy (non-hydrogen) atoms. The highest BCUT2D eigenvalue weighted by atomic mass is 19.4. The number of rotatable bonds is 5. The Morgan fingerprint density at radius 3 is 2.83 bits per heavy atom. The molecule has 1 amide bonds. The second-order valence-electron chi connectivity index (χ2n) is 9.02. The van der Waals surface area contributed by atoms with Crippen molar-refractivity contribution in [3.63, 3.8) is 0 Å². The van der Waals surface area contributed by atoms with Crippen molar-refractivity contribution in [3.8, 4) is 11.5 Å². The maximum absolute atomic E-state index is 13.6. The number of nitrogens with one attached hydrogen (secondary N) is 2. The number of hydrogen-bond donors (Lipinski definition) is 2. The Labute approximate surface area is 203 Å². The molecule has 0 saturated carbocycles. The first-order valence-electron chi connectivity index (χ1n) is 11.5. The molecule has 2 N–H and O–H groups in total. The fourth-order valence-corrected chi connectivity index (χ4v) is 4.56. The van der Waals surface area contributed by atoms with E-state index in [0.717, 1.165) is 22.7 Å². The molecule has 1 aliphatic heterocycles. The zero-order valence-electron chi connectivity index (χ0n) is 19.3. The third kappa shape index (κ3) is 4.97. The first kappa shape index (κ1) is 24.0. The van der Waals surface area contributed by atoms with Crippen LogP contribution in [0.4, 0.5) is 23.2 Å². The van der Waals surface area contributed by atoms with E-state index in [1.54, 1.807) is 0 Å². The number of carbonyl (C=O) groups is 1. The van der Waals surface area contributed by atoms with Crippen molar-refractivity contribution < 1.29 is 26.9 Å². The first-order valence-corrected chi connectivity index (χ1v) is 11.5. The van der Waals surface area contributed by atoms with Gasteiger partial charge in [0.15, 0.2) is 5.82 Å². The molecule has 0 radical (unpaired) electrons. The van der Waals surface area contributed by atoms with E-state index in [2.05, 4.69) is 25.3 Å². The Morgan fingerprint density at radius 1 is 1.22 bits per heavy atom. The van der Waals surface area contributed by atoms with Crippen LogP contribution in [0.15, 0.2) is 53.2 Å². The van der Waals surface area contributed by atoms with Gasteiger partial charge in [-0.3, -0.25) is 9.69 Å². The molecular weight excluding hydrogens is 478 g/mol. The summed E-state index contributed by atoms with van der Waals surface area (Å²) in [5, 5.41) is 7.90. The van der Waals surface area contributed by atoms with Gasteiger partial charge in [0.1, 0.15) is 5.82 Å². The lowest BCUT2D eigenvalue weighted by molar-refractivity contribution is -0.140. The second kappa shape index (κ2) is 9.38. The Morgan fingerprint density at radius 2 is 2.06 bits per heavy atom. The molecule has 0 unspecified atom stereocenters. The van der Waals surface area contributed by atoms with E-state index in [-0.39, 0.29) is 29.3 Å². The van der Waals surface area contributed by atoms with E-state index < -0.39 is 17.6 Å². The summed E-state index contributed by atoms with van der Waals surface area (Å²) in [6.07, 6.45) is -1.71. The third-order valence-electron chi connectivity index (χ3n) is 6.54. The smallest absolute Gasteiger partial charge is 0.361 e. The lowest BCUT2D eigenvalue weighted by atomic mass is 9.90. The number of hydrogen-bond acceptors (Lipinski definition) is 5. The van der Waals surface area contributed by atoms with Crippen LogP contribution in [-0.2, 0) is 17.5 Å². The number of likely N-dealkylation sites (tertiary alicyclic amines) is 1. The van der Waals surface area contributed by atoms with E-state index in [1.165, 1.54) is 6.07 Å². The molecule has 1 aliphatic rings. The van der Waals surface area contributed by atoms with Crippen LogP contribution in [0.1, 0.15) is 31.2 Å². The molecule has 1 saturated heterocycles. The predicted octanol–water partition coefficient (Wildman–Crippen LogP) is 5.62. The zero-order valence-corrected chi connectivity index (χ0v) is 19.3. The number of aromatic nitrogens is 3. The average Bonchev–Trinajstić information content (AvgIpc) is 3.49. The molecule has 3 heterocycles. The molecule has 0 aliphatic carbocycles. The predicted molar refractivity (Wildman–Crippen MR) is 124 cm³/mol. The van der Waals surface area contributed by atoms with Crippen LogP contribution in [0.3, 0.4) is 0 Å². The number of H-pyrrole nitrogens is 1. The van der Waals surface area contributed by atoms with E-state index >= 15 is 0 Å². The van der Waals surface area contributed by atoms with Gasteiger partial charge in [0.05, 0.1) is 12.1 Å². The van der Waals surface area contributed by atoms with Crippen molar-refractivity contribution in [3.05, 3.63) is 65.9 Å². The molecule has 188 valence electrons. The van der Waals surface area contributed by atoms with Gasteiger partial charge >= 0.3 is 6.18 Å². The van der Waals surface area contributed by atoms with Gasteiger partial charge < -0.3 is 14.8 Å². The highest BCUT2D eigenvalue weighted by Crippen LogP contribution is 2.34. The van der Waals surface area contributed by atoms with Crippen molar-refractivity contribution in [2.24, 2.45) is 5.92 Å². The number of amides is 1. The number of alkyl halides is 3. The fourth-order valence-electron chi connectivity index (χ4n) is 4.56. The minimum Gasteiger partial charge on any atom is -0.361 e. The van der Waals surface area contributed by atoms with E-state index in [1.807, 2.05) is 37.4 Å². The Kier molecular flexibility index (Phi) is 6.25. The second-order valence-corrected chi connectivity index (χ2v) is 9.02. The highest BCUT2D eigenvalue weighted by Gasteiger charge is 2.35. The number of aromatic amines is 1. The summed E-state index contributed by atoms with van der Waals surface area (Å²) in [5.41, 5.74) is 0.348. The van der Waals surface area contributed by atoms with Gasteiger partial charge in [0, 0.05) is 40.3 Å². The molecule has 2 aromatic heterocycles. The maximum atomic E-state index is 13.6. The number of nitrogens with zero attached hydrogens (tertiary/aromatic N) is 3. The van der Waals surface area contributed by atoms with Gasteiger partial charge in [0.2, 0.25) is 5.91 Å². The van der Waals surface area contributed by atoms with Crippen LogP contribution >= 0.6 is 0 Å². The van der Waals surface area contributed by atoms with Crippen LogP contribution in [0.2, 0.25) is 0 Å². The summed E-state index contributed by atoms with van der Waals surface area (Å²) >= 11 is 0. The molecular formula is C25H23F4N5O2. The SMILES string of the molecule is C[C@H]1C[C@@H](C(=O)Nc2ccc3[nH]ccc3c2)CCN1Cc1noc(-c2ccc(F)c(C(F)(F)F)c2)n1. The van der Waals surface area contributed by atoms with Crippen molar-refractivity contribution in [1.29, 1.82) is 0 Å². The third-order valence-corrected chi connectivity index (χ3v) is 6.54. The monoisotopic (exact) mass is 501 g/mol. The highest BCUT2D eigenvalue weighted by molar-refractivity contribution is 5.95. The molecule has 0 spiro atoms. The zero-order chi connectivity index (χ0) is 25.4. The van der Waals surface area contributed by atoms with Gasteiger partial charge in [-0.05, 0) is 68.8 Å². The normalized spacial score (nSPS) is 19.0. The summed E-state index contributed by atoms with van der Waals surface area (Å²) in [6, 6.07) is 10.3. The Balaban J connectivity index is 1.20. The topological polar surface area (TPSA) is 87.0 Å². The molecule has 5 rings (SSSR count). The summed E-state index contributed by atoms with van der Waals surface area (Å²) in [4.78, 5) is 22.3. The van der Waals surface area contributed by atoms with Gasteiger partial charge in [0.25, 0.3) is 5.89 Å². The van der Waals surface area contributed by atoms with Gasteiger partial charge in [-0.15, -0.1) is 0 Å². The number of piperidine rings is 1. The fraction of sp³-hybridized carbons (Fsp3) is 0.320. The maximum Gasteiger partial charge on any atom is 0.419 e. The van der Waals surface area contributed by atoms with E-state index in [4.69, 9.17) is 4.52 Å². The minimum absolute atomic E-state index is 0.0104. The lowest BCUT2D eigenvalue weighted by Gasteiger charge is -2.36. The van der Waals surface area contributed by atoms with Crippen LogP contribution in [0.5, 0.6) is 0 Å². The quantitative estimate of drug-likeness (QED) is 0.347. The molecule has 1 fully saturated rings. The van der Waals surface area contributed by atoms with E-state index in [0.29, 0.717) is 37.8 Å². The molecule has 2 aromatic carbocycles. The average molecular weight is 501 g/mol. The summed E-state index contributed by atoms with van der Waals surface area (Å²) in [6.45, 7) is 2.94. The number of benzene rings is 2. The van der Waals surface area contributed by atoms with Crippen molar-refractivity contribution in [2.75, 3.05) is 11.9 Å². The van der Waals surface area contributed by atoms with Gasteiger partial charge in [-0.2, -0.15) is 18.2 Å². The van der Waals surface area contributed by atoms with Crippen molar-refractivity contribution >= 4 is 22.5 Å². The van der Waals surface area contributed by atoms with Crippen LogP contribution in [-0.4, -0.2) is 38.5 Å². The largest absolute Gasteiger partial charge is 0.419 e.